The zero-order valence-corrected chi connectivity index (χ0v) is 30.6. The van der Waals surface area contributed by atoms with Gasteiger partial charge in [0.05, 0.1) is 37.3 Å². The van der Waals surface area contributed by atoms with Crippen LogP contribution in [0.25, 0.3) is 0 Å². The van der Waals surface area contributed by atoms with E-state index in [4.69, 9.17) is 4.12 Å². The van der Waals surface area contributed by atoms with E-state index in [1.165, 1.54) is 0 Å². The van der Waals surface area contributed by atoms with E-state index in [9.17, 15) is 26.7 Å². The highest BCUT2D eigenvalue weighted by molar-refractivity contribution is 7.85. The fourth-order valence-corrected chi connectivity index (χ4v) is 24.5. The van der Waals surface area contributed by atoms with E-state index >= 15 is 0 Å². The molecule has 39 heavy (non-hydrogen) atoms. The molecule has 0 unspecified atom stereocenters. The second kappa shape index (κ2) is 19.1. The molecule has 0 spiro atoms. The van der Waals surface area contributed by atoms with Crippen molar-refractivity contribution >= 4 is 50.0 Å². The van der Waals surface area contributed by atoms with E-state index in [1.807, 2.05) is 13.8 Å². The lowest BCUT2D eigenvalue weighted by molar-refractivity contribution is -0.890. The van der Waals surface area contributed by atoms with E-state index < -0.39 is 44.1 Å². The van der Waals surface area contributed by atoms with Crippen molar-refractivity contribution in [2.24, 2.45) is 0 Å². The van der Waals surface area contributed by atoms with Gasteiger partial charge in [-0.1, -0.05) is 13.8 Å². The molecule has 0 radical (unpaired) electrons. The summed E-state index contributed by atoms with van der Waals surface area (Å²) in [6.45, 7) is 12.8. The molecule has 0 bridgehead atoms. The van der Waals surface area contributed by atoms with Gasteiger partial charge in [-0.25, -0.2) is 8.42 Å². The highest BCUT2D eigenvalue weighted by Gasteiger charge is 2.42. The largest absolute Gasteiger partial charge is 0.748 e. The maximum atomic E-state index is 12.6. The lowest BCUT2D eigenvalue weighted by Gasteiger charge is -2.37. The number of unbranched alkanes of at least 4 members (excludes halogenated alkanes) is 4. The molecule has 230 valence electrons. The highest BCUT2D eigenvalue weighted by Crippen LogP contribution is 2.29. The smallest absolute Gasteiger partial charge is 0.275 e. The molecule has 0 saturated heterocycles. The number of carbonyl (C=O) groups excluding carboxylic acids is 1. The zero-order chi connectivity index (χ0) is 30.2. The normalized spacial score (nSPS) is 12.9. The Hall–Kier alpha value is -0.232. The lowest BCUT2D eigenvalue weighted by atomic mass is 10.1. The maximum Gasteiger partial charge on any atom is 0.275 e. The van der Waals surface area contributed by atoms with E-state index in [0.29, 0.717) is 42.8 Å². The SMILES string of the molecule is CC[Si](=O)C[Si](CCCNC(=O)CCCCC[N+](C)(C)CCCCCS(=O)(=O)[O-])(C[Si](=O)CC)O[Si](C)(C)C. The van der Waals surface area contributed by atoms with Crippen molar-refractivity contribution in [2.45, 2.75) is 114 Å². The monoisotopic (exact) mass is 640 g/mol. The first kappa shape index (κ1) is 38.8. The van der Waals surface area contributed by atoms with Crippen molar-refractivity contribution < 1.29 is 35.3 Å². The molecule has 9 nitrogen and oxygen atoms in total. The van der Waals surface area contributed by atoms with Crippen LogP contribution in [0.1, 0.15) is 65.2 Å². The van der Waals surface area contributed by atoms with Crippen LogP contribution in [-0.2, 0) is 28.0 Å². The molecular formula is C25H56N2O7SSi4. The summed E-state index contributed by atoms with van der Waals surface area (Å²) in [6.07, 6.45) is 6.15. The molecule has 0 aromatic heterocycles. The molecule has 0 aliphatic carbocycles. The van der Waals surface area contributed by atoms with E-state index in [2.05, 4.69) is 39.1 Å². The maximum absolute atomic E-state index is 12.6. The van der Waals surface area contributed by atoms with Crippen molar-refractivity contribution in [1.82, 2.24) is 5.32 Å². The Morgan fingerprint density at radius 3 is 1.85 bits per heavy atom. The number of hydrogen-bond donors (Lipinski definition) is 1. The predicted molar refractivity (Wildman–Crippen MR) is 165 cm³/mol. The Morgan fingerprint density at radius 1 is 0.872 bits per heavy atom. The van der Waals surface area contributed by atoms with Gasteiger partial charge in [0.2, 0.25) is 5.91 Å². The summed E-state index contributed by atoms with van der Waals surface area (Å²) in [4.78, 5) is 12.4. The number of amides is 1. The summed E-state index contributed by atoms with van der Waals surface area (Å²) in [6, 6.07) is 2.11. The van der Waals surface area contributed by atoms with Gasteiger partial charge in [-0.3, -0.25) is 4.79 Å². The third kappa shape index (κ3) is 22.1. The molecule has 0 saturated carbocycles. The van der Waals surface area contributed by atoms with Crippen LogP contribution in [-0.4, -0.2) is 96.8 Å². The Morgan fingerprint density at radius 2 is 1.38 bits per heavy atom. The molecule has 0 aromatic carbocycles. The fourth-order valence-electron chi connectivity index (χ4n) is 4.82. The van der Waals surface area contributed by atoms with Crippen LogP contribution in [0.5, 0.6) is 0 Å². The minimum absolute atomic E-state index is 0.0553. The van der Waals surface area contributed by atoms with Gasteiger partial charge < -0.3 is 27.4 Å². The van der Waals surface area contributed by atoms with Gasteiger partial charge in [-0.15, -0.1) is 0 Å². The van der Waals surface area contributed by atoms with Crippen LogP contribution in [0, 0.1) is 0 Å². The number of quaternary nitrogens is 1. The Bertz CT molecular complexity index is 847. The summed E-state index contributed by atoms with van der Waals surface area (Å²) in [5.41, 5.74) is 1.22. The molecule has 0 aromatic rings. The summed E-state index contributed by atoms with van der Waals surface area (Å²) in [5.74, 6) is -0.224. The average Bonchev–Trinajstić information content (AvgIpc) is 2.79. The third-order valence-corrected chi connectivity index (χ3v) is 22.9. The Labute approximate surface area is 243 Å². The van der Waals surface area contributed by atoms with Gasteiger partial charge in [-0.2, -0.15) is 0 Å². The van der Waals surface area contributed by atoms with Gasteiger partial charge in [0.25, 0.3) is 17.4 Å². The van der Waals surface area contributed by atoms with Crippen LogP contribution in [0.2, 0.25) is 49.1 Å². The van der Waals surface area contributed by atoms with Gasteiger partial charge in [0.15, 0.2) is 16.6 Å². The van der Waals surface area contributed by atoms with E-state index in [0.717, 1.165) is 62.1 Å². The first-order valence-corrected chi connectivity index (χ1v) is 25.8. The minimum atomic E-state index is -4.11. The molecule has 0 aliphatic heterocycles. The van der Waals surface area contributed by atoms with Crippen molar-refractivity contribution in [3.05, 3.63) is 0 Å². The van der Waals surface area contributed by atoms with E-state index in [-0.39, 0.29) is 11.7 Å². The highest BCUT2D eigenvalue weighted by atomic mass is 32.2. The third-order valence-electron chi connectivity index (χ3n) is 6.81. The van der Waals surface area contributed by atoms with Gasteiger partial charge in [-0.05, 0) is 82.7 Å². The molecule has 0 heterocycles. The number of nitrogens with zero attached hydrogens (tertiary/aromatic N) is 1. The van der Waals surface area contributed by atoms with Crippen LogP contribution in [0.15, 0.2) is 0 Å². The second-order valence-corrected chi connectivity index (χ2v) is 28.3. The van der Waals surface area contributed by atoms with Gasteiger partial charge in [0, 0.05) is 30.1 Å². The molecular weight excluding hydrogens is 585 g/mol. The molecule has 0 rings (SSSR count). The van der Waals surface area contributed by atoms with Crippen LogP contribution in [0.4, 0.5) is 0 Å². The molecule has 1 N–H and O–H groups in total. The Kier molecular flexibility index (Phi) is 18.9. The number of hydrogen-bond acceptors (Lipinski definition) is 7. The standard InChI is InChI=1S/C25H56N2O7SSi4/c1-8-36(32)23-39(24-37(33)9-2,34-38(5,6)7)22-16-18-26-25(28)17-12-10-13-19-27(3,4)20-14-11-15-21-35(29,30)31/h8-24H2,1-7H3,(H-,26,28,29,30,31). The first-order valence-electron chi connectivity index (χ1n) is 14.7. The minimum Gasteiger partial charge on any atom is -0.748 e. The zero-order valence-electron chi connectivity index (χ0n) is 25.7. The van der Waals surface area contributed by atoms with Crippen molar-refractivity contribution in [1.29, 1.82) is 0 Å². The summed E-state index contributed by atoms with van der Waals surface area (Å²) >= 11 is 0. The van der Waals surface area contributed by atoms with Crippen LogP contribution in [0.3, 0.4) is 0 Å². The molecule has 1 amide bonds. The average molecular weight is 641 g/mol. The number of carbonyl (C=O) groups is 1. The summed E-state index contributed by atoms with van der Waals surface area (Å²) < 4.78 is 64.9. The Balaban J connectivity index is 4.46. The quantitative estimate of drug-likeness (QED) is 0.0706. The summed E-state index contributed by atoms with van der Waals surface area (Å²) in [5, 5.41) is 3.04. The van der Waals surface area contributed by atoms with Crippen molar-refractivity contribution in [3.8, 4) is 0 Å². The van der Waals surface area contributed by atoms with Gasteiger partial charge in [0.1, 0.15) is 0 Å². The number of nitrogens with one attached hydrogen (secondary N) is 1. The summed E-state index contributed by atoms with van der Waals surface area (Å²) in [7, 11) is -7.59. The topological polar surface area (TPSA) is 130 Å². The second-order valence-electron chi connectivity index (χ2n) is 12.5. The molecule has 0 fully saturated rings. The van der Waals surface area contributed by atoms with Crippen LogP contribution < -0.4 is 5.32 Å². The molecule has 0 aliphatic rings. The van der Waals surface area contributed by atoms with Crippen molar-refractivity contribution in [2.75, 3.05) is 39.5 Å². The fraction of sp³-hybridized carbons (Fsp3) is 0.960. The lowest BCUT2D eigenvalue weighted by Crippen LogP contribution is -2.50. The van der Waals surface area contributed by atoms with E-state index in [1.54, 1.807) is 0 Å². The van der Waals surface area contributed by atoms with Gasteiger partial charge >= 0.3 is 0 Å². The predicted octanol–water partition coefficient (Wildman–Crippen LogP) is 4.60. The first-order chi connectivity index (χ1) is 17.9. The van der Waals surface area contributed by atoms with Crippen LogP contribution >= 0.6 is 0 Å². The van der Waals surface area contributed by atoms with Crippen molar-refractivity contribution in [3.63, 3.8) is 0 Å². The number of rotatable bonds is 24. The molecule has 0 atom stereocenters. The molecule has 14 heteroatoms.